The van der Waals surface area contributed by atoms with Crippen LogP contribution in [-0.4, -0.2) is 66.0 Å². The van der Waals surface area contributed by atoms with Crippen molar-refractivity contribution in [1.29, 1.82) is 0 Å². The van der Waals surface area contributed by atoms with Crippen molar-refractivity contribution in [2.75, 3.05) is 40.3 Å². The molecule has 28 heavy (non-hydrogen) atoms. The molecule has 1 aliphatic rings. The van der Waals surface area contributed by atoms with E-state index in [1.165, 1.54) is 12.0 Å². The summed E-state index contributed by atoms with van der Waals surface area (Å²) in [4.78, 5) is 4.71. The molecule has 1 aliphatic heterocycles. The van der Waals surface area contributed by atoms with Gasteiger partial charge >= 0.3 is 0 Å². The SMILES string of the molecule is CN(C)CCN(Cc1cn(C)nc1-c1cc2ccccc2o1)CC1CCCO1. The topological polar surface area (TPSA) is 46.7 Å². The van der Waals surface area contributed by atoms with Gasteiger partial charge in [0.25, 0.3) is 0 Å². The third-order valence-electron chi connectivity index (χ3n) is 5.31. The van der Waals surface area contributed by atoms with Crippen molar-refractivity contribution in [1.82, 2.24) is 19.6 Å². The molecule has 0 aliphatic carbocycles. The van der Waals surface area contributed by atoms with E-state index in [1.54, 1.807) is 0 Å². The Morgan fingerprint density at radius 2 is 2.07 bits per heavy atom. The van der Waals surface area contributed by atoms with Gasteiger partial charge in [0, 0.05) is 57.0 Å². The van der Waals surface area contributed by atoms with E-state index in [0.717, 1.165) is 61.6 Å². The number of para-hydroxylation sites is 1. The van der Waals surface area contributed by atoms with Gasteiger partial charge in [-0.05, 0) is 39.1 Å². The third kappa shape index (κ3) is 4.46. The lowest BCUT2D eigenvalue weighted by Gasteiger charge is -2.26. The first-order valence-electron chi connectivity index (χ1n) is 10.1. The number of aromatic nitrogens is 2. The Morgan fingerprint density at radius 1 is 1.21 bits per heavy atom. The highest BCUT2D eigenvalue weighted by Crippen LogP contribution is 2.29. The van der Waals surface area contributed by atoms with Gasteiger partial charge in [0.2, 0.25) is 0 Å². The molecule has 3 aromatic rings. The van der Waals surface area contributed by atoms with E-state index < -0.39 is 0 Å². The standard InChI is InChI=1S/C22H30N4O2/c1-24(2)10-11-26(16-19-8-6-12-27-19)15-18-14-25(3)23-22(18)21-13-17-7-4-5-9-20(17)28-21/h4-5,7,9,13-14,19H,6,8,10-12,15-16H2,1-3H3. The second-order valence-corrected chi connectivity index (χ2v) is 8.00. The van der Waals surface area contributed by atoms with E-state index in [9.17, 15) is 0 Å². The van der Waals surface area contributed by atoms with Gasteiger partial charge in [-0.15, -0.1) is 0 Å². The lowest BCUT2D eigenvalue weighted by Crippen LogP contribution is -2.36. The lowest BCUT2D eigenvalue weighted by molar-refractivity contribution is 0.0683. The monoisotopic (exact) mass is 382 g/mol. The molecule has 150 valence electrons. The summed E-state index contributed by atoms with van der Waals surface area (Å²) in [6, 6.07) is 10.2. The van der Waals surface area contributed by atoms with Crippen LogP contribution < -0.4 is 0 Å². The predicted octanol–water partition coefficient (Wildman–Crippen LogP) is 3.38. The van der Waals surface area contributed by atoms with Crippen molar-refractivity contribution >= 4 is 11.0 Å². The highest BCUT2D eigenvalue weighted by molar-refractivity contribution is 5.82. The van der Waals surface area contributed by atoms with E-state index in [-0.39, 0.29) is 0 Å². The molecule has 0 N–H and O–H groups in total. The highest BCUT2D eigenvalue weighted by atomic mass is 16.5. The van der Waals surface area contributed by atoms with Gasteiger partial charge in [-0.1, -0.05) is 18.2 Å². The van der Waals surface area contributed by atoms with Crippen LogP contribution in [0.3, 0.4) is 0 Å². The second kappa shape index (κ2) is 8.47. The molecule has 1 aromatic carbocycles. The zero-order valence-corrected chi connectivity index (χ0v) is 17.1. The Hall–Kier alpha value is -2.15. The maximum absolute atomic E-state index is 6.09. The van der Waals surface area contributed by atoms with Crippen molar-refractivity contribution in [3.63, 3.8) is 0 Å². The molecule has 1 unspecified atom stereocenters. The van der Waals surface area contributed by atoms with Crippen LogP contribution in [0.2, 0.25) is 0 Å². The molecular formula is C22H30N4O2. The van der Waals surface area contributed by atoms with Gasteiger partial charge in [-0.3, -0.25) is 9.58 Å². The predicted molar refractivity (Wildman–Crippen MR) is 111 cm³/mol. The van der Waals surface area contributed by atoms with Gasteiger partial charge in [0.1, 0.15) is 11.3 Å². The van der Waals surface area contributed by atoms with Crippen LogP contribution in [0.15, 0.2) is 40.9 Å². The Bertz CT molecular complexity index is 875. The number of furan rings is 1. The van der Waals surface area contributed by atoms with Gasteiger partial charge in [-0.25, -0.2) is 0 Å². The number of rotatable bonds is 8. The Balaban J connectivity index is 1.57. The maximum Gasteiger partial charge on any atom is 0.156 e. The highest BCUT2D eigenvalue weighted by Gasteiger charge is 2.22. The summed E-state index contributed by atoms with van der Waals surface area (Å²) < 4.78 is 13.9. The molecule has 1 atom stereocenters. The molecule has 1 fully saturated rings. The van der Waals surface area contributed by atoms with E-state index in [0.29, 0.717) is 6.10 Å². The summed E-state index contributed by atoms with van der Waals surface area (Å²) in [5.41, 5.74) is 3.03. The zero-order valence-electron chi connectivity index (χ0n) is 17.1. The summed E-state index contributed by atoms with van der Waals surface area (Å²) in [6.07, 6.45) is 4.78. The molecule has 1 saturated heterocycles. The van der Waals surface area contributed by atoms with Gasteiger partial charge in [0.15, 0.2) is 5.76 Å². The maximum atomic E-state index is 6.09. The minimum atomic E-state index is 0.341. The van der Waals surface area contributed by atoms with Crippen molar-refractivity contribution < 1.29 is 9.15 Å². The number of likely N-dealkylation sites (N-methyl/N-ethyl adjacent to an activating group) is 1. The van der Waals surface area contributed by atoms with Crippen molar-refractivity contribution in [2.24, 2.45) is 7.05 Å². The van der Waals surface area contributed by atoms with E-state index in [2.05, 4.69) is 42.2 Å². The van der Waals surface area contributed by atoms with Gasteiger partial charge < -0.3 is 14.1 Å². The zero-order chi connectivity index (χ0) is 19.5. The molecule has 0 spiro atoms. The summed E-state index contributed by atoms with van der Waals surface area (Å²) >= 11 is 0. The van der Waals surface area contributed by atoms with Crippen LogP contribution in [0.4, 0.5) is 0 Å². The Kier molecular flexibility index (Phi) is 5.80. The molecule has 0 radical (unpaired) electrons. The minimum absolute atomic E-state index is 0.341. The fourth-order valence-electron chi connectivity index (χ4n) is 3.85. The molecule has 4 rings (SSSR count). The number of nitrogens with zero attached hydrogens (tertiary/aromatic N) is 4. The number of hydrogen-bond acceptors (Lipinski definition) is 5. The normalized spacial score (nSPS) is 17.4. The van der Waals surface area contributed by atoms with Crippen LogP contribution in [0.5, 0.6) is 0 Å². The van der Waals surface area contributed by atoms with Crippen LogP contribution >= 0.6 is 0 Å². The fraction of sp³-hybridized carbons (Fsp3) is 0.500. The quantitative estimate of drug-likeness (QED) is 0.598. The molecule has 2 aromatic heterocycles. The largest absolute Gasteiger partial charge is 0.454 e. The van der Waals surface area contributed by atoms with E-state index >= 15 is 0 Å². The van der Waals surface area contributed by atoms with Gasteiger partial charge in [0.05, 0.1) is 6.10 Å². The van der Waals surface area contributed by atoms with Crippen LogP contribution in [0, 0.1) is 0 Å². The molecule has 3 heterocycles. The lowest BCUT2D eigenvalue weighted by atomic mass is 10.1. The molecule has 0 saturated carbocycles. The Morgan fingerprint density at radius 3 is 2.82 bits per heavy atom. The number of benzene rings is 1. The van der Waals surface area contributed by atoms with Crippen molar-refractivity contribution in [3.05, 3.63) is 42.1 Å². The molecule has 6 nitrogen and oxygen atoms in total. The minimum Gasteiger partial charge on any atom is -0.454 e. The van der Waals surface area contributed by atoms with Crippen molar-refractivity contribution in [3.8, 4) is 11.5 Å². The summed E-state index contributed by atoms with van der Waals surface area (Å²) in [5.74, 6) is 0.835. The third-order valence-corrected chi connectivity index (χ3v) is 5.31. The van der Waals surface area contributed by atoms with Crippen LogP contribution in [0.25, 0.3) is 22.4 Å². The molecule has 0 bridgehead atoms. The second-order valence-electron chi connectivity index (χ2n) is 8.00. The smallest absolute Gasteiger partial charge is 0.156 e. The number of fused-ring (bicyclic) bond motifs is 1. The molecular weight excluding hydrogens is 352 g/mol. The first-order chi connectivity index (χ1) is 13.6. The summed E-state index contributed by atoms with van der Waals surface area (Å²) in [7, 11) is 6.21. The number of aryl methyl sites for hydroxylation is 1. The summed E-state index contributed by atoms with van der Waals surface area (Å²) in [6.45, 7) is 4.72. The molecule has 0 amide bonds. The van der Waals surface area contributed by atoms with Crippen LogP contribution in [-0.2, 0) is 18.3 Å². The first-order valence-corrected chi connectivity index (χ1v) is 10.1. The molecule has 6 heteroatoms. The average molecular weight is 383 g/mol. The van der Waals surface area contributed by atoms with Crippen LogP contribution in [0.1, 0.15) is 18.4 Å². The summed E-state index contributed by atoms with van der Waals surface area (Å²) in [5, 5.41) is 5.82. The first kappa shape index (κ1) is 19.2. The van der Waals surface area contributed by atoms with E-state index in [1.807, 2.05) is 29.9 Å². The average Bonchev–Trinajstić information content (AvgIpc) is 3.39. The fourth-order valence-corrected chi connectivity index (χ4v) is 3.85. The number of hydrogen-bond donors (Lipinski definition) is 0. The Labute approximate surface area is 166 Å². The van der Waals surface area contributed by atoms with Gasteiger partial charge in [-0.2, -0.15) is 5.10 Å². The van der Waals surface area contributed by atoms with Crippen molar-refractivity contribution in [2.45, 2.75) is 25.5 Å². The number of ether oxygens (including phenoxy) is 1. The van der Waals surface area contributed by atoms with E-state index in [4.69, 9.17) is 14.3 Å².